The van der Waals surface area contributed by atoms with Gasteiger partial charge in [-0.2, -0.15) is 21.6 Å². The van der Waals surface area contributed by atoms with Crippen LogP contribution in [0.5, 0.6) is 0 Å². The predicted molar refractivity (Wildman–Crippen MR) is 87.9 cm³/mol. The number of halogens is 3. The van der Waals surface area contributed by atoms with Crippen LogP contribution in [0.3, 0.4) is 0 Å². The van der Waals surface area contributed by atoms with E-state index < -0.39 is 34.0 Å². The van der Waals surface area contributed by atoms with Crippen LogP contribution >= 0.6 is 10.3 Å². The van der Waals surface area contributed by atoms with Crippen LogP contribution in [0.4, 0.5) is 13.2 Å². The van der Waals surface area contributed by atoms with E-state index in [0.717, 1.165) is 5.56 Å². The summed E-state index contributed by atoms with van der Waals surface area (Å²) in [6.45, 7) is 5.94. The van der Waals surface area contributed by atoms with E-state index in [-0.39, 0.29) is 5.75 Å². The molecule has 3 nitrogen and oxygen atoms in total. The van der Waals surface area contributed by atoms with Crippen LogP contribution in [-0.4, -0.2) is 33.6 Å². The minimum Gasteiger partial charge on any atom is -0.213 e. The lowest BCUT2D eigenvalue weighted by atomic mass is 10.2. The summed E-state index contributed by atoms with van der Waals surface area (Å²) in [7, 11) is -9.85. The van der Waals surface area contributed by atoms with E-state index in [9.17, 15) is 21.6 Å². The van der Waals surface area contributed by atoms with Gasteiger partial charge in [0.15, 0.2) is 0 Å². The topological polar surface area (TPSA) is 43.4 Å². The van der Waals surface area contributed by atoms with Crippen molar-refractivity contribution in [2.75, 3.05) is 11.6 Å². The minimum absolute atomic E-state index is 0.188. The maximum absolute atomic E-state index is 12.6. The molecule has 1 aromatic rings. The summed E-state index contributed by atoms with van der Waals surface area (Å²) in [5.74, 6) is 0.188. The lowest BCUT2D eigenvalue weighted by molar-refractivity contribution is -0.0496. The number of hydrogen-bond donors (Lipinski definition) is 0. The number of hydrogen-bond acceptors (Lipinski definition) is 3. The molecule has 0 aromatic heterocycles. The van der Waals surface area contributed by atoms with Gasteiger partial charge in [-0.1, -0.05) is 50.0 Å². The molecule has 22 heavy (non-hydrogen) atoms. The van der Waals surface area contributed by atoms with Crippen molar-refractivity contribution in [3.05, 3.63) is 35.9 Å². The van der Waals surface area contributed by atoms with Gasteiger partial charge in [0.2, 0.25) is 0 Å². The van der Waals surface area contributed by atoms with Crippen molar-refractivity contribution in [3.8, 4) is 0 Å². The van der Waals surface area contributed by atoms with Gasteiger partial charge in [0.1, 0.15) is 0 Å². The Hall–Kier alpha value is -0.513. The third kappa shape index (κ3) is 5.94. The van der Waals surface area contributed by atoms with Crippen molar-refractivity contribution in [2.45, 2.75) is 30.9 Å². The molecule has 0 N–H and O–H groups in total. The molecule has 0 fully saturated rings. The first-order valence-corrected chi connectivity index (χ1v) is 14.0. The summed E-state index contributed by atoms with van der Waals surface area (Å²) < 4.78 is 65.5. The van der Waals surface area contributed by atoms with Crippen LogP contribution in [0.1, 0.15) is 5.56 Å². The molecule has 0 aliphatic carbocycles. The molecular formula is C13H21F3O3S2Si. The Morgan fingerprint density at radius 3 is 2.00 bits per heavy atom. The van der Waals surface area contributed by atoms with Crippen molar-refractivity contribution in [2.24, 2.45) is 0 Å². The first-order valence-electron chi connectivity index (χ1n) is 6.54. The highest BCUT2D eigenvalue weighted by Crippen LogP contribution is 2.53. The first-order chi connectivity index (χ1) is 9.74. The lowest BCUT2D eigenvalue weighted by Crippen LogP contribution is -2.35. The zero-order valence-corrected chi connectivity index (χ0v) is 15.6. The molecule has 1 rings (SSSR count). The monoisotopic (exact) mass is 374 g/mol. The first kappa shape index (κ1) is 19.5. The van der Waals surface area contributed by atoms with Gasteiger partial charge in [-0.05, 0) is 17.2 Å². The Labute approximate surface area is 132 Å². The Kier molecular flexibility index (Phi) is 5.81. The zero-order chi connectivity index (χ0) is 17.2. The fourth-order valence-corrected chi connectivity index (χ4v) is 13.7. The number of benzene rings is 1. The van der Waals surface area contributed by atoms with E-state index in [4.69, 9.17) is 3.63 Å². The Morgan fingerprint density at radius 2 is 1.59 bits per heavy atom. The van der Waals surface area contributed by atoms with E-state index >= 15 is 0 Å². The molecule has 0 heterocycles. The van der Waals surface area contributed by atoms with Gasteiger partial charge in [0.25, 0.3) is 0 Å². The molecule has 9 heteroatoms. The molecule has 0 saturated carbocycles. The highest BCUT2D eigenvalue weighted by Gasteiger charge is 2.50. The van der Waals surface area contributed by atoms with Gasteiger partial charge in [-0.3, -0.25) is 0 Å². The molecule has 0 bridgehead atoms. The van der Waals surface area contributed by atoms with Crippen LogP contribution in [0.2, 0.25) is 19.6 Å². The summed E-state index contributed by atoms with van der Waals surface area (Å²) in [4.78, 5) is 0. The fraction of sp³-hybridized carbons (Fsp3) is 0.538. The minimum atomic E-state index is -5.59. The second-order valence-corrected chi connectivity index (χ2v) is 17.3. The molecule has 0 saturated heterocycles. The van der Waals surface area contributed by atoms with E-state index in [1.165, 1.54) is 6.26 Å². The van der Waals surface area contributed by atoms with Crippen LogP contribution in [-0.2, 0) is 19.5 Å². The molecular weight excluding hydrogens is 353 g/mol. The van der Waals surface area contributed by atoms with Crippen molar-refractivity contribution in [1.29, 1.82) is 0 Å². The Morgan fingerprint density at radius 1 is 1.09 bits per heavy atom. The largest absolute Gasteiger partial charge is 0.523 e. The summed E-state index contributed by atoms with van der Waals surface area (Å²) >= 11 is 0. The van der Waals surface area contributed by atoms with Crippen LogP contribution in [0.25, 0.3) is 0 Å². The SMILES string of the molecule is C[Si](C)(C)CS(C)(Cc1ccccc1)OS(=O)(=O)C(F)(F)F. The van der Waals surface area contributed by atoms with Crippen LogP contribution < -0.4 is 0 Å². The second kappa shape index (κ2) is 6.54. The molecule has 0 aliphatic rings. The molecule has 0 aliphatic heterocycles. The fourth-order valence-electron chi connectivity index (χ4n) is 2.20. The Balaban J connectivity index is 3.13. The molecule has 1 atom stereocenters. The standard InChI is InChI=1S/C13H21F3O3S2Si/c1-20(11-22(2,3)4,10-12-8-6-5-7-9-12)19-21(17,18)13(14,15)16/h5-9H,10-11H2,1-4H3. The normalized spacial score (nSPS) is 17.8. The maximum Gasteiger partial charge on any atom is 0.523 e. The number of alkyl halides is 3. The van der Waals surface area contributed by atoms with E-state index in [1.807, 2.05) is 19.6 Å². The second-order valence-electron chi connectivity index (χ2n) is 6.49. The zero-order valence-electron chi connectivity index (χ0n) is 13.0. The summed E-state index contributed by atoms with van der Waals surface area (Å²) in [5.41, 5.74) is -4.62. The van der Waals surface area contributed by atoms with E-state index in [1.54, 1.807) is 30.3 Å². The van der Waals surface area contributed by atoms with Gasteiger partial charge in [0.05, 0.1) is 8.07 Å². The van der Waals surface area contributed by atoms with Crippen molar-refractivity contribution in [1.82, 2.24) is 0 Å². The average Bonchev–Trinajstić information content (AvgIpc) is 2.24. The van der Waals surface area contributed by atoms with Crippen molar-refractivity contribution < 1.29 is 25.2 Å². The molecule has 1 unspecified atom stereocenters. The molecule has 128 valence electrons. The molecule has 0 spiro atoms. The lowest BCUT2D eigenvalue weighted by Gasteiger charge is -2.39. The van der Waals surface area contributed by atoms with Gasteiger partial charge in [0, 0.05) is 5.75 Å². The summed E-state index contributed by atoms with van der Waals surface area (Å²) in [6.07, 6.45) is 1.52. The van der Waals surface area contributed by atoms with Crippen molar-refractivity contribution in [3.63, 3.8) is 0 Å². The van der Waals surface area contributed by atoms with Gasteiger partial charge in [-0.25, -0.2) is 3.63 Å². The highest BCUT2D eigenvalue weighted by atomic mass is 32.3. The molecule has 1 aromatic carbocycles. The molecule has 0 radical (unpaired) electrons. The van der Waals surface area contributed by atoms with Crippen LogP contribution in [0, 0.1) is 0 Å². The van der Waals surface area contributed by atoms with E-state index in [2.05, 4.69) is 0 Å². The smallest absolute Gasteiger partial charge is 0.213 e. The van der Waals surface area contributed by atoms with Gasteiger partial charge < -0.3 is 0 Å². The maximum atomic E-state index is 12.6. The third-order valence-electron chi connectivity index (χ3n) is 2.59. The van der Waals surface area contributed by atoms with Gasteiger partial charge in [-0.15, -0.1) is 10.3 Å². The van der Waals surface area contributed by atoms with Crippen molar-refractivity contribution >= 4 is 28.5 Å². The van der Waals surface area contributed by atoms with Crippen LogP contribution in [0.15, 0.2) is 30.3 Å². The third-order valence-corrected chi connectivity index (χ3v) is 12.0. The summed E-state index contributed by atoms with van der Waals surface area (Å²) in [5, 5.41) is 0.379. The summed E-state index contributed by atoms with van der Waals surface area (Å²) in [6, 6.07) is 8.85. The molecule has 0 amide bonds. The highest BCUT2D eigenvalue weighted by molar-refractivity contribution is 8.32. The Bertz CT molecular complexity index is 597. The van der Waals surface area contributed by atoms with Gasteiger partial charge >= 0.3 is 15.6 Å². The average molecular weight is 375 g/mol. The predicted octanol–water partition coefficient (Wildman–Crippen LogP) is 4.28. The number of rotatable bonds is 6. The van der Waals surface area contributed by atoms with E-state index in [0.29, 0.717) is 5.38 Å². The quantitative estimate of drug-likeness (QED) is 0.551.